The van der Waals surface area contributed by atoms with Crippen LogP contribution in [0.15, 0.2) is 11.3 Å². The van der Waals surface area contributed by atoms with Crippen LogP contribution >= 0.6 is 0 Å². The fourth-order valence-corrected chi connectivity index (χ4v) is 5.91. The lowest BCUT2D eigenvalue weighted by Crippen LogP contribution is -2.46. The van der Waals surface area contributed by atoms with Gasteiger partial charge in [0.05, 0.1) is 11.9 Å². The third-order valence-electron chi connectivity index (χ3n) is 5.82. The summed E-state index contributed by atoms with van der Waals surface area (Å²) in [6.45, 7) is 23.1. The van der Waals surface area contributed by atoms with Crippen LogP contribution in [0.3, 0.4) is 0 Å². The zero-order valence-corrected chi connectivity index (χ0v) is 20.7. The summed E-state index contributed by atoms with van der Waals surface area (Å²) < 4.78 is 13.4. The monoisotopic (exact) mass is 384 g/mol. The van der Waals surface area contributed by atoms with E-state index in [9.17, 15) is 0 Å². The second-order valence-corrected chi connectivity index (χ2v) is 19.5. The van der Waals surface area contributed by atoms with Crippen molar-refractivity contribution in [2.45, 2.75) is 117 Å². The maximum Gasteiger partial charge on any atom is 0.241 e. The minimum absolute atomic E-state index is 0.252. The molecular formula is C21H44O2Si2. The molecule has 0 aromatic heterocycles. The summed E-state index contributed by atoms with van der Waals surface area (Å²) in [5, 5.41) is 0.252. The lowest BCUT2D eigenvalue weighted by molar-refractivity contribution is 0.154. The van der Waals surface area contributed by atoms with Crippen LogP contribution in [-0.2, 0) is 8.85 Å². The van der Waals surface area contributed by atoms with Crippen molar-refractivity contribution in [2.75, 3.05) is 0 Å². The highest BCUT2D eigenvalue weighted by Gasteiger charge is 2.42. The topological polar surface area (TPSA) is 18.5 Å². The molecule has 0 radical (unpaired) electrons. The summed E-state index contributed by atoms with van der Waals surface area (Å²) in [5.41, 5.74) is 1.51. The van der Waals surface area contributed by atoms with E-state index in [2.05, 4.69) is 67.4 Å². The van der Waals surface area contributed by atoms with Gasteiger partial charge < -0.3 is 8.85 Å². The van der Waals surface area contributed by atoms with Crippen LogP contribution in [-0.4, -0.2) is 22.7 Å². The zero-order chi connectivity index (χ0) is 19.5. The van der Waals surface area contributed by atoms with Gasteiger partial charge in [-0.3, -0.25) is 0 Å². The first-order chi connectivity index (χ1) is 11.3. The first kappa shape index (κ1) is 23.0. The summed E-state index contributed by atoms with van der Waals surface area (Å²) in [7, 11) is -3.37. The van der Waals surface area contributed by atoms with Crippen molar-refractivity contribution in [2.24, 2.45) is 5.92 Å². The van der Waals surface area contributed by atoms with Gasteiger partial charge in [0.2, 0.25) is 8.32 Å². The molecule has 0 saturated heterocycles. The molecule has 0 unspecified atom stereocenters. The predicted octanol–water partition coefficient (Wildman–Crippen LogP) is 7.49. The summed E-state index contributed by atoms with van der Waals surface area (Å²) in [6.07, 6.45) is 7.89. The molecule has 1 fully saturated rings. The lowest BCUT2D eigenvalue weighted by atomic mass is 9.79. The van der Waals surface area contributed by atoms with Crippen molar-refractivity contribution in [3.8, 4) is 0 Å². The van der Waals surface area contributed by atoms with Gasteiger partial charge in [0.15, 0.2) is 8.32 Å². The predicted molar refractivity (Wildman–Crippen MR) is 116 cm³/mol. The van der Waals surface area contributed by atoms with Crippen LogP contribution in [0, 0.1) is 5.92 Å². The van der Waals surface area contributed by atoms with Gasteiger partial charge in [0.25, 0.3) is 0 Å². The third-order valence-corrected chi connectivity index (χ3v) is 11.2. The van der Waals surface area contributed by atoms with Crippen LogP contribution in [0.25, 0.3) is 0 Å². The van der Waals surface area contributed by atoms with Crippen molar-refractivity contribution >= 4 is 16.6 Å². The van der Waals surface area contributed by atoms with Gasteiger partial charge in [-0.05, 0) is 81.9 Å². The van der Waals surface area contributed by atoms with Gasteiger partial charge in [-0.15, -0.1) is 0 Å². The highest BCUT2D eigenvalue weighted by Crippen LogP contribution is 2.43. The Hall–Kier alpha value is -0.0662. The van der Waals surface area contributed by atoms with Crippen molar-refractivity contribution in [1.82, 2.24) is 0 Å². The Morgan fingerprint density at radius 1 is 1.08 bits per heavy atom. The van der Waals surface area contributed by atoms with Crippen LogP contribution in [0.4, 0.5) is 0 Å². The minimum atomic E-state index is -1.78. The van der Waals surface area contributed by atoms with Crippen LogP contribution in [0.5, 0.6) is 0 Å². The average Bonchev–Trinajstić information content (AvgIpc) is 2.41. The molecule has 0 aromatic rings. The van der Waals surface area contributed by atoms with Crippen molar-refractivity contribution < 1.29 is 8.85 Å². The normalized spacial score (nSPS) is 25.0. The summed E-state index contributed by atoms with van der Waals surface area (Å²) >= 11 is 0. The first-order valence-corrected chi connectivity index (χ1v) is 16.7. The van der Waals surface area contributed by atoms with E-state index in [0.29, 0.717) is 5.92 Å². The number of allylic oxidation sites excluding steroid dienone is 1. The van der Waals surface area contributed by atoms with Gasteiger partial charge >= 0.3 is 0 Å². The average molecular weight is 385 g/mol. The molecule has 0 aliphatic heterocycles. The quantitative estimate of drug-likeness (QED) is 0.334. The Kier molecular flexibility index (Phi) is 8.04. The van der Waals surface area contributed by atoms with Gasteiger partial charge in [0, 0.05) is 0 Å². The van der Waals surface area contributed by atoms with Gasteiger partial charge in [0.1, 0.15) is 0 Å². The first-order valence-electron chi connectivity index (χ1n) is 10.4. The number of hydrogen-bond donors (Lipinski definition) is 0. The molecule has 0 N–H and O–H groups in total. The number of hydrogen-bond acceptors (Lipinski definition) is 2. The molecule has 2 nitrogen and oxygen atoms in total. The van der Waals surface area contributed by atoms with Crippen LogP contribution < -0.4 is 0 Å². The van der Waals surface area contributed by atoms with E-state index in [-0.39, 0.29) is 11.1 Å². The third kappa shape index (κ3) is 6.87. The molecular weight excluding hydrogens is 340 g/mol. The smallest absolute Gasteiger partial charge is 0.241 e. The van der Waals surface area contributed by atoms with E-state index >= 15 is 0 Å². The maximum absolute atomic E-state index is 6.92. The van der Waals surface area contributed by atoms with E-state index in [1.807, 2.05) is 0 Å². The van der Waals surface area contributed by atoms with Crippen molar-refractivity contribution in [3.63, 3.8) is 0 Å². The molecule has 0 aromatic carbocycles. The standard InChI is InChI=1S/C21H44O2Si2/c1-11-12-14-18-15-13-16-19(23-25(9,10)21(3,4)5)20(18)17(2)22-24(6,7)8/h18-19H,11-16H2,1-10H3/b20-17-/t18-,19-/m0/s1. The van der Waals surface area contributed by atoms with Gasteiger partial charge in [-0.2, -0.15) is 0 Å². The Morgan fingerprint density at radius 3 is 2.16 bits per heavy atom. The van der Waals surface area contributed by atoms with E-state index < -0.39 is 16.6 Å². The SMILES string of the molecule is CCCC[C@H]1CCC[C@H](O[Si](C)(C)C(C)(C)C)/C1=C(/C)O[Si](C)(C)C. The van der Waals surface area contributed by atoms with E-state index in [0.717, 1.165) is 6.42 Å². The molecule has 148 valence electrons. The van der Waals surface area contributed by atoms with E-state index in [1.165, 1.54) is 43.4 Å². The number of rotatable bonds is 7. The molecule has 2 atom stereocenters. The highest BCUT2D eigenvalue weighted by molar-refractivity contribution is 6.74. The second-order valence-electron chi connectivity index (χ2n) is 10.4. The lowest BCUT2D eigenvalue weighted by Gasteiger charge is -2.43. The minimum Gasteiger partial charge on any atom is -0.547 e. The zero-order valence-electron chi connectivity index (χ0n) is 18.7. The molecule has 1 aliphatic rings. The Bertz CT molecular complexity index is 455. The summed E-state index contributed by atoms with van der Waals surface area (Å²) in [6, 6.07) is 0. The van der Waals surface area contributed by atoms with Gasteiger partial charge in [-0.25, -0.2) is 0 Å². The van der Waals surface area contributed by atoms with Crippen molar-refractivity contribution in [3.05, 3.63) is 11.3 Å². The van der Waals surface area contributed by atoms with Crippen molar-refractivity contribution in [1.29, 1.82) is 0 Å². The maximum atomic E-state index is 6.92. The molecule has 1 rings (SSSR count). The molecule has 0 amide bonds. The summed E-state index contributed by atoms with van der Waals surface area (Å²) in [4.78, 5) is 0. The molecule has 0 spiro atoms. The Morgan fingerprint density at radius 2 is 1.68 bits per heavy atom. The number of unbranched alkanes of at least 4 members (excludes halogenated alkanes) is 1. The fraction of sp³-hybridized carbons (Fsp3) is 0.905. The molecule has 1 saturated carbocycles. The Labute approximate surface area is 160 Å². The second kappa shape index (κ2) is 8.75. The summed E-state index contributed by atoms with van der Waals surface area (Å²) in [5.74, 6) is 1.84. The fourth-order valence-electron chi connectivity index (χ4n) is 3.56. The Balaban J connectivity index is 3.16. The molecule has 1 aliphatic carbocycles. The molecule has 0 heterocycles. The van der Waals surface area contributed by atoms with E-state index in [4.69, 9.17) is 8.85 Å². The van der Waals surface area contributed by atoms with Crippen LogP contribution in [0.2, 0.25) is 37.8 Å². The largest absolute Gasteiger partial charge is 0.547 e. The van der Waals surface area contributed by atoms with E-state index in [1.54, 1.807) is 0 Å². The molecule has 4 heteroatoms. The van der Waals surface area contributed by atoms with Gasteiger partial charge in [-0.1, -0.05) is 40.5 Å². The molecule has 25 heavy (non-hydrogen) atoms. The highest BCUT2D eigenvalue weighted by atomic mass is 28.4. The molecule has 0 bridgehead atoms. The van der Waals surface area contributed by atoms with Crippen LogP contribution in [0.1, 0.15) is 73.1 Å².